The zero-order chi connectivity index (χ0) is 29.3. The fourth-order valence-electron chi connectivity index (χ4n) is 3.73. The predicted octanol–water partition coefficient (Wildman–Crippen LogP) is -5.20. The maximum absolute atomic E-state index is 8.49. The summed E-state index contributed by atoms with van der Waals surface area (Å²) in [5.41, 5.74) is 6.83. The Kier molecular flexibility index (Phi) is 10.4. The summed E-state index contributed by atoms with van der Waals surface area (Å²) in [6.45, 7) is 0. The van der Waals surface area contributed by atoms with Gasteiger partial charge >= 0.3 is 6.33 Å². The highest BCUT2D eigenvalue weighted by atomic mass is 35.7. The average molecular weight is 589 g/mol. The third-order valence-corrected chi connectivity index (χ3v) is 5.16. The Morgan fingerprint density at radius 2 is 0.900 bits per heavy atom. The van der Waals surface area contributed by atoms with E-state index in [1.54, 1.807) is 0 Å². The van der Waals surface area contributed by atoms with Crippen LogP contribution < -0.4 is 46.6 Å². The minimum absolute atomic E-state index is 1.09. The number of aryl methyl sites for hydroxylation is 1. The number of pyridine rings is 1. The van der Waals surface area contributed by atoms with E-state index in [-0.39, 0.29) is 0 Å². The molecule has 0 saturated heterocycles. The number of hydrogen-bond acceptors (Lipinski definition) is 9. The van der Waals surface area contributed by atoms with Crippen molar-refractivity contribution >= 4 is 0 Å². The summed E-state index contributed by atoms with van der Waals surface area (Å²) < 4.78 is 74.0. The van der Waals surface area contributed by atoms with Crippen molar-refractivity contribution in [1.82, 2.24) is 9.77 Å². The molecule has 0 saturated carbocycles. The van der Waals surface area contributed by atoms with E-state index in [0.717, 1.165) is 22.5 Å². The Labute approximate surface area is 233 Å². The molecule has 0 atom stereocenters. The summed E-state index contributed by atoms with van der Waals surface area (Å²) in [6, 6.07) is 36.0. The van der Waals surface area contributed by atoms with Crippen molar-refractivity contribution in [3.05, 3.63) is 116 Å². The lowest BCUT2D eigenvalue weighted by molar-refractivity contribution is -2.00. The van der Waals surface area contributed by atoms with Gasteiger partial charge in [-0.05, 0) is 40.5 Å². The lowest BCUT2D eigenvalue weighted by atomic mass is 10.00. The first-order valence-electron chi connectivity index (χ1n) is 11.2. The fourth-order valence-corrected chi connectivity index (χ4v) is 3.73. The zero-order valence-electron chi connectivity index (χ0n) is 20.8. The maximum Gasteiger partial charge on any atom is 0.329 e. The highest BCUT2D eigenvalue weighted by molar-refractivity contribution is 5.73. The highest BCUT2D eigenvalue weighted by Crippen LogP contribution is 2.29. The molecule has 3 aromatic carbocycles. The van der Waals surface area contributed by atoms with Gasteiger partial charge in [0.15, 0.2) is 0 Å². The molecule has 0 aliphatic heterocycles. The molecule has 0 radical (unpaired) electrons. The highest BCUT2D eigenvalue weighted by Gasteiger charge is 2.29. The van der Waals surface area contributed by atoms with Crippen molar-refractivity contribution in [1.29, 1.82) is 0 Å². The molecule has 40 heavy (non-hydrogen) atoms. The van der Waals surface area contributed by atoms with E-state index >= 15 is 0 Å². The molecule has 2 heterocycles. The molecule has 208 valence electrons. The van der Waals surface area contributed by atoms with Crippen LogP contribution in [0.3, 0.4) is 0 Å². The first kappa shape index (κ1) is 30.7. The zero-order valence-corrected chi connectivity index (χ0v) is 22.3. The molecule has 0 aliphatic rings. The van der Waals surface area contributed by atoms with Gasteiger partial charge in [-0.1, -0.05) is 66.7 Å². The summed E-state index contributed by atoms with van der Waals surface area (Å²) in [6.07, 6.45) is 3.81. The molecule has 2 aromatic heterocycles. The standard InChI is InChI=1S/C26H22N4.2ClHO4/c1-28-20-29(19-27-28)30-25(22-13-7-3-8-14-22)17-24(21-11-5-2-6-12-21)18-26(30)23-15-9-4-10-16-23;2*2-1(3,4)5/h2-20H,1H3;2*(H,2,3,4,5)/q+2;;/p-2. The molecule has 0 bridgehead atoms. The average Bonchev–Trinajstić information content (AvgIpc) is 3.33. The second-order valence-electron chi connectivity index (χ2n) is 7.98. The summed E-state index contributed by atoms with van der Waals surface area (Å²) in [4.78, 5) is 0. The first-order chi connectivity index (χ1) is 18.8. The third kappa shape index (κ3) is 10.1. The van der Waals surface area contributed by atoms with Crippen LogP contribution in [0.25, 0.3) is 33.6 Å². The summed E-state index contributed by atoms with van der Waals surface area (Å²) in [7, 11) is -7.96. The molecule has 0 fully saturated rings. The molecule has 5 aromatic rings. The minimum Gasteiger partial charge on any atom is -0.222 e. The molecular formula is C26H22Cl2N4O8. The van der Waals surface area contributed by atoms with Gasteiger partial charge in [0, 0.05) is 21.5 Å². The molecule has 5 rings (SSSR count). The van der Waals surface area contributed by atoms with Crippen molar-refractivity contribution in [2.45, 2.75) is 0 Å². The van der Waals surface area contributed by atoms with Gasteiger partial charge in [-0.15, -0.1) is 25.2 Å². The number of halogens is 2. The monoisotopic (exact) mass is 588 g/mol. The van der Waals surface area contributed by atoms with Crippen molar-refractivity contribution in [3.8, 4) is 33.6 Å². The largest absolute Gasteiger partial charge is 0.329 e. The Balaban J connectivity index is 0.000000381. The molecule has 0 amide bonds. The van der Waals surface area contributed by atoms with E-state index < -0.39 is 20.5 Å². The van der Waals surface area contributed by atoms with Crippen LogP contribution >= 0.6 is 0 Å². The Bertz CT molecular complexity index is 1410. The Morgan fingerprint density at radius 3 is 1.23 bits per heavy atom. The number of nitrogens with zero attached hydrogens (tertiary/aromatic N) is 4. The molecule has 14 heteroatoms. The lowest BCUT2D eigenvalue weighted by Gasteiger charge is -2.17. The second kappa shape index (κ2) is 13.5. The maximum atomic E-state index is 8.49. The van der Waals surface area contributed by atoms with E-state index in [9.17, 15) is 0 Å². The summed E-state index contributed by atoms with van der Waals surface area (Å²) in [5.74, 6) is 0. The normalized spacial score (nSPS) is 11.1. The Hall–Kier alpha value is -3.79. The molecular weight excluding hydrogens is 567 g/mol. The van der Waals surface area contributed by atoms with Gasteiger partial charge in [0.05, 0.1) is 11.1 Å². The van der Waals surface area contributed by atoms with Crippen LogP contribution in [0.1, 0.15) is 0 Å². The number of benzene rings is 3. The van der Waals surface area contributed by atoms with Gasteiger partial charge in [-0.3, -0.25) is 0 Å². The molecule has 0 spiro atoms. The van der Waals surface area contributed by atoms with Crippen LogP contribution in [-0.4, -0.2) is 9.77 Å². The number of aromatic nitrogens is 4. The SMILES string of the molecule is C[n+]1cn(-[n+]2c(-c3ccccc3)cc(-c3ccccc3)cc2-c2ccccc2)cn1.[O-][Cl+3]([O-])([O-])[O-].[O-][Cl+3]([O-])([O-])[O-]. The fraction of sp³-hybridized carbons (Fsp3) is 0.0385. The van der Waals surface area contributed by atoms with Crippen LogP contribution in [0, 0.1) is 20.5 Å². The summed E-state index contributed by atoms with van der Waals surface area (Å²) in [5, 5.41) is 4.40. The molecule has 0 unspecified atom stereocenters. The van der Waals surface area contributed by atoms with Crippen LogP contribution in [-0.2, 0) is 7.05 Å². The van der Waals surface area contributed by atoms with Crippen LogP contribution in [0.2, 0.25) is 0 Å². The first-order valence-corrected chi connectivity index (χ1v) is 13.7. The van der Waals surface area contributed by atoms with Crippen molar-refractivity contribution < 1.29 is 67.1 Å². The molecule has 0 aliphatic carbocycles. The van der Waals surface area contributed by atoms with Crippen LogP contribution in [0.4, 0.5) is 0 Å². The topological polar surface area (TPSA) is 210 Å². The third-order valence-electron chi connectivity index (χ3n) is 5.16. The second-order valence-corrected chi connectivity index (χ2v) is 9.49. The van der Waals surface area contributed by atoms with Gasteiger partial charge < -0.3 is 0 Å². The van der Waals surface area contributed by atoms with Gasteiger partial charge in [-0.25, -0.2) is 37.3 Å². The smallest absolute Gasteiger partial charge is 0.222 e. The minimum atomic E-state index is -4.94. The number of hydrogen-bond donors (Lipinski definition) is 0. The van der Waals surface area contributed by atoms with Crippen molar-refractivity contribution in [3.63, 3.8) is 0 Å². The van der Waals surface area contributed by atoms with E-state index in [2.05, 4.69) is 94.7 Å². The van der Waals surface area contributed by atoms with Crippen LogP contribution in [0.15, 0.2) is 116 Å². The summed E-state index contributed by atoms with van der Waals surface area (Å²) >= 11 is 0. The predicted molar refractivity (Wildman–Crippen MR) is 117 cm³/mol. The quantitative estimate of drug-likeness (QED) is 0.183. The molecule has 0 N–H and O–H groups in total. The van der Waals surface area contributed by atoms with Crippen molar-refractivity contribution in [2.75, 3.05) is 0 Å². The van der Waals surface area contributed by atoms with Crippen LogP contribution in [0.5, 0.6) is 0 Å². The van der Waals surface area contributed by atoms with E-state index in [1.807, 2.05) is 47.3 Å². The number of rotatable bonds is 4. The van der Waals surface area contributed by atoms with Gasteiger partial charge in [0.1, 0.15) is 7.05 Å². The van der Waals surface area contributed by atoms with Gasteiger partial charge in [-0.2, -0.15) is 0 Å². The van der Waals surface area contributed by atoms with Gasteiger partial charge in [0.2, 0.25) is 0 Å². The van der Waals surface area contributed by atoms with E-state index in [4.69, 9.17) is 37.3 Å². The van der Waals surface area contributed by atoms with E-state index in [0.29, 0.717) is 0 Å². The Morgan fingerprint density at radius 1 is 0.550 bits per heavy atom. The molecule has 12 nitrogen and oxygen atoms in total. The van der Waals surface area contributed by atoms with Gasteiger partial charge in [0.25, 0.3) is 17.7 Å². The lowest BCUT2D eigenvalue weighted by Crippen LogP contribution is -2.68. The van der Waals surface area contributed by atoms with Crippen molar-refractivity contribution in [2.24, 2.45) is 7.05 Å². The van der Waals surface area contributed by atoms with E-state index in [1.165, 1.54) is 11.1 Å².